The van der Waals surface area contributed by atoms with Crippen LogP contribution in [0.25, 0.3) is 0 Å². The highest BCUT2D eigenvalue weighted by molar-refractivity contribution is 7.16. The molecule has 4 nitrogen and oxygen atoms in total. The number of aryl methyl sites for hydroxylation is 1. The van der Waals surface area contributed by atoms with E-state index in [1.807, 2.05) is 32.0 Å². The molecule has 0 spiro atoms. The van der Waals surface area contributed by atoms with Gasteiger partial charge in [-0.3, -0.25) is 9.59 Å². The fourth-order valence-electron chi connectivity index (χ4n) is 3.11. The van der Waals surface area contributed by atoms with Crippen molar-refractivity contribution < 1.29 is 9.59 Å². The van der Waals surface area contributed by atoms with Crippen molar-refractivity contribution in [1.82, 2.24) is 0 Å². The Balaban J connectivity index is 1.76. The quantitative estimate of drug-likeness (QED) is 0.882. The standard InChI is InChI=1S/C18H20N2O2S/c1-3-12-10(2)23-18(15(12)16(19)21)20-17(22)14-9-13(14)11-7-5-4-6-8-11/h4-8,13-14H,3,9H2,1-2H3,(H2,19,21)(H,20,22)/t13-,14+/m1/s1. The van der Waals surface area contributed by atoms with E-state index in [1.165, 1.54) is 16.9 Å². The van der Waals surface area contributed by atoms with Crippen molar-refractivity contribution in [3.63, 3.8) is 0 Å². The van der Waals surface area contributed by atoms with Crippen LogP contribution in [0.2, 0.25) is 0 Å². The topological polar surface area (TPSA) is 72.2 Å². The van der Waals surface area contributed by atoms with Crippen LogP contribution in [0.15, 0.2) is 30.3 Å². The third-order valence-corrected chi connectivity index (χ3v) is 5.46. The molecule has 0 bridgehead atoms. The van der Waals surface area contributed by atoms with Crippen molar-refractivity contribution >= 4 is 28.2 Å². The SMILES string of the molecule is CCc1c(C)sc(NC(=O)[C@H]2C[C@@H]2c2ccccc2)c1C(N)=O. The molecule has 1 heterocycles. The lowest BCUT2D eigenvalue weighted by molar-refractivity contribution is -0.117. The predicted molar refractivity (Wildman–Crippen MR) is 92.9 cm³/mol. The molecule has 1 aliphatic rings. The van der Waals surface area contributed by atoms with Gasteiger partial charge in [0.15, 0.2) is 0 Å². The normalized spacial score (nSPS) is 19.4. The van der Waals surface area contributed by atoms with Crippen molar-refractivity contribution in [3.8, 4) is 0 Å². The zero-order chi connectivity index (χ0) is 16.6. The van der Waals surface area contributed by atoms with Crippen LogP contribution in [0, 0.1) is 12.8 Å². The molecule has 2 atom stereocenters. The predicted octanol–water partition coefficient (Wildman–Crippen LogP) is 3.46. The molecule has 0 saturated heterocycles. The van der Waals surface area contributed by atoms with Gasteiger partial charge in [0.1, 0.15) is 5.00 Å². The summed E-state index contributed by atoms with van der Waals surface area (Å²) < 4.78 is 0. The molecule has 0 radical (unpaired) electrons. The average molecular weight is 328 g/mol. The Morgan fingerprint density at radius 3 is 2.61 bits per heavy atom. The molecule has 1 aromatic carbocycles. The second-order valence-electron chi connectivity index (χ2n) is 5.91. The van der Waals surface area contributed by atoms with Gasteiger partial charge in [0.2, 0.25) is 5.91 Å². The van der Waals surface area contributed by atoms with Gasteiger partial charge in [0, 0.05) is 10.8 Å². The second kappa shape index (κ2) is 6.16. The summed E-state index contributed by atoms with van der Waals surface area (Å²) in [5.74, 6) is -0.243. The lowest BCUT2D eigenvalue weighted by Crippen LogP contribution is -2.19. The molecular weight excluding hydrogens is 308 g/mol. The molecule has 1 saturated carbocycles. The summed E-state index contributed by atoms with van der Waals surface area (Å²) in [6.45, 7) is 3.94. The largest absolute Gasteiger partial charge is 0.365 e. The van der Waals surface area contributed by atoms with Crippen LogP contribution in [0.1, 0.15) is 45.6 Å². The molecule has 0 unspecified atom stereocenters. The molecule has 0 aliphatic heterocycles. The van der Waals surface area contributed by atoms with E-state index in [9.17, 15) is 9.59 Å². The van der Waals surface area contributed by atoms with Gasteiger partial charge in [0.05, 0.1) is 5.56 Å². The summed E-state index contributed by atoms with van der Waals surface area (Å²) in [5, 5.41) is 3.52. The number of carbonyl (C=O) groups excluding carboxylic acids is 2. The Labute approximate surface area is 139 Å². The zero-order valence-corrected chi connectivity index (χ0v) is 14.1. The van der Waals surface area contributed by atoms with Crippen LogP contribution in [-0.2, 0) is 11.2 Å². The van der Waals surface area contributed by atoms with Crippen molar-refractivity contribution in [2.24, 2.45) is 11.7 Å². The Kier molecular flexibility index (Phi) is 4.22. The van der Waals surface area contributed by atoms with Crippen LogP contribution in [0.5, 0.6) is 0 Å². The van der Waals surface area contributed by atoms with Gasteiger partial charge >= 0.3 is 0 Å². The Morgan fingerprint density at radius 1 is 1.30 bits per heavy atom. The van der Waals surface area contributed by atoms with E-state index < -0.39 is 5.91 Å². The van der Waals surface area contributed by atoms with E-state index in [1.54, 1.807) is 0 Å². The molecule has 2 amide bonds. The van der Waals surface area contributed by atoms with Crippen LogP contribution < -0.4 is 11.1 Å². The van der Waals surface area contributed by atoms with Crippen molar-refractivity contribution in [2.45, 2.75) is 32.6 Å². The number of hydrogen-bond acceptors (Lipinski definition) is 3. The number of primary amides is 1. The molecule has 1 aliphatic carbocycles. The van der Waals surface area contributed by atoms with Crippen molar-refractivity contribution in [2.75, 3.05) is 5.32 Å². The first-order chi connectivity index (χ1) is 11.0. The summed E-state index contributed by atoms with van der Waals surface area (Å²) in [4.78, 5) is 25.3. The highest BCUT2D eigenvalue weighted by atomic mass is 32.1. The van der Waals surface area contributed by atoms with Crippen LogP contribution in [-0.4, -0.2) is 11.8 Å². The van der Waals surface area contributed by atoms with E-state index in [2.05, 4.69) is 17.4 Å². The Bertz CT molecular complexity index is 752. The Hall–Kier alpha value is -2.14. The minimum Gasteiger partial charge on any atom is -0.365 e. The molecule has 120 valence electrons. The number of amides is 2. The summed E-state index contributed by atoms with van der Waals surface area (Å²) in [6, 6.07) is 10.1. The van der Waals surface area contributed by atoms with E-state index >= 15 is 0 Å². The summed E-state index contributed by atoms with van der Waals surface area (Å²) >= 11 is 1.43. The molecule has 23 heavy (non-hydrogen) atoms. The van der Waals surface area contributed by atoms with Gasteiger partial charge in [-0.05, 0) is 36.8 Å². The van der Waals surface area contributed by atoms with Gasteiger partial charge < -0.3 is 11.1 Å². The lowest BCUT2D eigenvalue weighted by Gasteiger charge is -2.06. The summed E-state index contributed by atoms with van der Waals surface area (Å²) in [6.07, 6.45) is 1.58. The van der Waals surface area contributed by atoms with Crippen LogP contribution in [0.3, 0.4) is 0 Å². The number of hydrogen-bond donors (Lipinski definition) is 2. The number of benzene rings is 1. The number of anilines is 1. The van der Waals surface area contributed by atoms with Gasteiger partial charge in [-0.25, -0.2) is 0 Å². The fraction of sp³-hybridized carbons (Fsp3) is 0.333. The van der Waals surface area contributed by atoms with Gasteiger partial charge in [-0.1, -0.05) is 37.3 Å². The van der Waals surface area contributed by atoms with Crippen molar-refractivity contribution in [1.29, 1.82) is 0 Å². The maximum absolute atomic E-state index is 12.5. The molecule has 1 fully saturated rings. The Morgan fingerprint density at radius 2 is 2.00 bits per heavy atom. The first-order valence-corrected chi connectivity index (χ1v) is 8.62. The third-order valence-electron chi connectivity index (χ3n) is 4.40. The monoisotopic (exact) mass is 328 g/mol. The fourth-order valence-corrected chi connectivity index (χ4v) is 4.26. The number of rotatable bonds is 5. The zero-order valence-electron chi connectivity index (χ0n) is 13.3. The maximum Gasteiger partial charge on any atom is 0.251 e. The number of thiophene rings is 1. The number of carbonyl (C=O) groups is 2. The molecule has 2 aromatic rings. The van der Waals surface area contributed by atoms with E-state index in [0.29, 0.717) is 10.6 Å². The first kappa shape index (κ1) is 15.7. The van der Waals surface area contributed by atoms with E-state index in [-0.39, 0.29) is 17.7 Å². The number of nitrogens with one attached hydrogen (secondary N) is 1. The minimum absolute atomic E-state index is 0.0226. The van der Waals surface area contributed by atoms with Crippen LogP contribution >= 0.6 is 11.3 Å². The molecule has 3 rings (SSSR count). The third kappa shape index (κ3) is 3.01. The second-order valence-corrected chi connectivity index (χ2v) is 7.13. The highest BCUT2D eigenvalue weighted by Crippen LogP contribution is 2.48. The highest BCUT2D eigenvalue weighted by Gasteiger charge is 2.44. The summed E-state index contributed by atoms with van der Waals surface area (Å²) in [7, 11) is 0. The minimum atomic E-state index is -0.475. The molecular formula is C18H20N2O2S. The lowest BCUT2D eigenvalue weighted by atomic mass is 10.1. The molecule has 1 aromatic heterocycles. The molecule has 3 N–H and O–H groups in total. The van der Waals surface area contributed by atoms with Gasteiger partial charge in [0.25, 0.3) is 5.91 Å². The summed E-state index contributed by atoms with van der Waals surface area (Å²) in [5.41, 5.74) is 8.11. The van der Waals surface area contributed by atoms with Crippen molar-refractivity contribution in [3.05, 3.63) is 51.9 Å². The maximum atomic E-state index is 12.5. The smallest absolute Gasteiger partial charge is 0.251 e. The van der Waals surface area contributed by atoms with Gasteiger partial charge in [-0.2, -0.15) is 0 Å². The molecule has 5 heteroatoms. The first-order valence-electron chi connectivity index (χ1n) is 7.80. The average Bonchev–Trinajstić information content (AvgIpc) is 3.27. The van der Waals surface area contributed by atoms with E-state index in [4.69, 9.17) is 5.73 Å². The van der Waals surface area contributed by atoms with E-state index in [0.717, 1.165) is 23.3 Å². The number of nitrogens with two attached hydrogens (primary N) is 1. The van der Waals surface area contributed by atoms with Crippen LogP contribution in [0.4, 0.5) is 5.00 Å². The van der Waals surface area contributed by atoms with Gasteiger partial charge in [-0.15, -0.1) is 11.3 Å².